The molecule has 1 amide bonds. The third-order valence-electron chi connectivity index (χ3n) is 2.75. The van der Waals surface area contributed by atoms with E-state index in [0.29, 0.717) is 6.54 Å². The average Bonchev–Trinajstić information content (AvgIpc) is 2.64. The number of carboxylic acid groups (broad SMARTS) is 1. The molecule has 1 N–H and O–H groups in total. The van der Waals surface area contributed by atoms with Gasteiger partial charge in [-0.2, -0.15) is 0 Å². The summed E-state index contributed by atoms with van der Waals surface area (Å²) < 4.78 is 0. The van der Waals surface area contributed by atoms with Crippen molar-refractivity contribution in [3.63, 3.8) is 0 Å². The zero-order valence-electron chi connectivity index (χ0n) is 9.85. The minimum Gasteiger partial charge on any atom is -0.481 e. The molecule has 4 nitrogen and oxygen atoms in total. The van der Waals surface area contributed by atoms with Crippen LogP contribution in [0, 0.1) is 5.92 Å². The number of carbonyl (C=O) groups excluding carboxylic acids is 1. The average molecular weight is 265 g/mol. The van der Waals surface area contributed by atoms with E-state index in [1.54, 1.807) is 4.90 Å². The third-order valence-corrected chi connectivity index (χ3v) is 2.75. The highest BCUT2D eigenvalue weighted by atomic mass is 32.0. The van der Waals surface area contributed by atoms with Gasteiger partial charge in [-0.25, -0.2) is 0 Å². The summed E-state index contributed by atoms with van der Waals surface area (Å²) in [5, 5.41) is 8.78. The molecular weight excluding hydrogens is 244 g/mol. The summed E-state index contributed by atoms with van der Waals surface area (Å²) in [7, 11) is 4.67. The molecule has 1 saturated heterocycles. The molecule has 16 heavy (non-hydrogen) atoms. The van der Waals surface area contributed by atoms with Crippen molar-refractivity contribution in [3.05, 3.63) is 0 Å². The Hall–Kier alpha value is -0.200. The Balaban J connectivity index is 0.00000106. The fourth-order valence-corrected chi connectivity index (χ4v) is 1.90. The summed E-state index contributed by atoms with van der Waals surface area (Å²) in [5.74, 6) is -1.37. The van der Waals surface area contributed by atoms with E-state index in [1.165, 1.54) is 0 Å². The van der Waals surface area contributed by atoms with Gasteiger partial charge >= 0.3 is 5.97 Å². The van der Waals surface area contributed by atoms with E-state index >= 15 is 0 Å². The molecule has 4 atom stereocenters. The first-order chi connectivity index (χ1) is 7.56. The van der Waals surface area contributed by atoms with Gasteiger partial charge in [0.2, 0.25) is 5.91 Å². The van der Waals surface area contributed by atoms with Gasteiger partial charge in [0, 0.05) is 19.0 Å². The van der Waals surface area contributed by atoms with Gasteiger partial charge < -0.3 is 10.0 Å². The molecule has 1 aliphatic rings. The number of nitrogens with zero attached hydrogens (tertiary/aromatic N) is 1. The van der Waals surface area contributed by atoms with Crippen LogP contribution in [0.5, 0.6) is 0 Å². The standard InChI is InChI=1S/C10H17NO3.H4P2/c1-3-4-7(2)11-6-8(10(13)14)5-9(11)12;1-2/h7-8H,3-6H2,1-2H3,(H,13,14);1-2H2. The number of aliphatic carboxylic acids is 1. The minimum atomic E-state index is -0.857. The number of hydrogen-bond donors (Lipinski definition) is 1. The lowest BCUT2D eigenvalue weighted by Crippen LogP contribution is -2.34. The predicted octanol–water partition coefficient (Wildman–Crippen LogP) is 1.76. The van der Waals surface area contributed by atoms with Crippen LogP contribution in [0.4, 0.5) is 0 Å². The Morgan fingerprint density at radius 3 is 2.56 bits per heavy atom. The Morgan fingerprint density at radius 1 is 1.62 bits per heavy atom. The monoisotopic (exact) mass is 265 g/mol. The van der Waals surface area contributed by atoms with Crippen LogP contribution in [0.3, 0.4) is 0 Å². The number of amides is 1. The maximum atomic E-state index is 11.5. The molecule has 6 heteroatoms. The Bertz CT molecular complexity index is 248. The lowest BCUT2D eigenvalue weighted by atomic mass is 10.1. The SMILES string of the molecule is CCCC(C)N1CC(C(=O)O)CC1=O.PP. The predicted molar refractivity (Wildman–Crippen MR) is 71.2 cm³/mol. The largest absolute Gasteiger partial charge is 0.481 e. The molecule has 0 radical (unpaired) electrons. The van der Waals surface area contributed by atoms with Crippen LogP contribution in [0.25, 0.3) is 0 Å². The van der Waals surface area contributed by atoms with Crippen LogP contribution in [0.15, 0.2) is 0 Å². The molecule has 1 aliphatic heterocycles. The molecule has 0 spiro atoms. The van der Waals surface area contributed by atoms with Crippen LogP contribution in [0.1, 0.15) is 33.1 Å². The third kappa shape index (κ3) is 4.35. The second-order valence-corrected chi connectivity index (χ2v) is 3.92. The van der Waals surface area contributed by atoms with Gasteiger partial charge in [-0.1, -0.05) is 13.3 Å². The van der Waals surface area contributed by atoms with Gasteiger partial charge in [-0.3, -0.25) is 9.59 Å². The van der Waals surface area contributed by atoms with E-state index in [1.807, 2.05) is 6.92 Å². The van der Waals surface area contributed by atoms with Gasteiger partial charge in [0.1, 0.15) is 0 Å². The normalized spacial score (nSPS) is 21.4. The van der Waals surface area contributed by atoms with Crippen molar-refractivity contribution in [2.45, 2.75) is 39.2 Å². The van der Waals surface area contributed by atoms with Crippen LogP contribution in [-0.4, -0.2) is 34.5 Å². The number of carboxylic acids is 1. The van der Waals surface area contributed by atoms with Crippen molar-refractivity contribution >= 4 is 29.7 Å². The number of hydrogen-bond acceptors (Lipinski definition) is 2. The van der Waals surface area contributed by atoms with Crippen LogP contribution in [0.2, 0.25) is 0 Å². The van der Waals surface area contributed by atoms with E-state index in [2.05, 4.69) is 24.8 Å². The highest BCUT2D eigenvalue weighted by Gasteiger charge is 2.36. The smallest absolute Gasteiger partial charge is 0.308 e. The lowest BCUT2D eigenvalue weighted by molar-refractivity contribution is -0.141. The molecule has 0 aromatic carbocycles. The first-order valence-electron chi connectivity index (χ1n) is 5.41. The van der Waals surface area contributed by atoms with Gasteiger partial charge in [0.25, 0.3) is 0 Å². The quantitative estimate of drug-likeness (QED) is 0.788. The Kier molecular flexibility index (Phi) is 7.87. The van der Waals surface area contributed by atoms with E-state index in [4.69, 9.17) is 5.11 Å². The molecule has 0 bridgehead atoms. The summed E-state index contributed by atoms with van der Waals surface area (Å²) in [6.45, 7) is 4.42. The zero-order valence-corrected chi connectivity index (χ0v) is 12.2. The Labute approximate surface area is 101 Å². The molecular formula is C10H21NO3P2. The second-order valence-electron chi connectivity index (χ2n) is 3.92. The van der Waals surface area contributed by atoms with Crippen molar-refractivity contribution in [1.29, 1.82) is 0 Å². The van der Waals surface area contributed by atoms with Gasteiger partial charge in [0.05, 0.1) is 5.92 Å². The summed E-state index contributed by atoms with van der Waals surface area (Å²) in [4.78, 5) is 23.9. The van der Waals surface area contributed by atoms with Gasteiger partial charge in [-0.15, -0.1) is 17.9 Å². The second kappa shape index (κ2) is 7.97. The van der Waals surface area contributed by atoms with Crippen LogP contribution < -0.4 is 0 Å². The molecule has 0 aliphatic carbocycles. The van der Waals surface area contributed by atoms with Crippen molar-refractivity contribution in [1.82, 2.24) is 4.90 Å². The zero-order chi connectivity index (χ0) is 12.7. The van der Waals surface area contributed by atoms with E-state index in [9.17, 15) is 9.59 Å². The molecule has 1 heterocycles. The molecule has 1 fully saturated rings. The van der Waals surface area contributed by atoms with E-state index in [0.717, 1.165) is 12.8 Å². The minimum absolute atomic E-state index is 0.0154. The molecule has 1 rings (SSSR count). The van der Waals surface area contributed by atoms with E-state index < -0.39 is 11.9 Å². The maximum absolute atomic E-state index is 11.5. The van der Waals surface area contributed by atoms with Gasteiger partial charge in [-0.05, 0) is 13.3 Å². The van der Waals surface area contributed by atoms with Crippen molar-refractivity contribution in [3.8, 4) is 0 Å². The molecule has 0 aromatic heterocycles. The highest BCUT2D eigenvalue weighted by molar-refractivity contribution is 7.92. The molecule has 0 saturated carbocycles. The van der Waals surface area contributed by atoms with Gasteiger partial charge in [0.15, 0.2) is 0 Å². The van der Waals surface area contributed by atoms with Crippen molar-refractivity contribution in [2.75, 3.05) is 6.54 Å². The lowest BCUT2D eigenvalue weighted by Gasteiger charge is -2.23. The van der Waals surface area contributed by atoms with Crippen molar-refractivity contribution in [2.24, 2.45) is 5.92 Å². The number of rotatable bonds is 4. The fourth-order valence-electron chi connectivity index (χ4n) is 1.90. The summed E-state index contributed by atoms with van der Waals surface area (Å²) in [5.41, 5.74) is 0. The topological polar surface area (TPSA) is 57.6 Å². The van der Waals surface area contributed by atoms with Crippen LogP contribution in [-0.2, 0) is 9.59 Å². The summed E-state index contributed by atoms with van der Waals surface area (Å²) in [6.07, 6.45) is 2.13. The molecule has 4 unspecified atom stereocenters. The first kappa shape index (κ1) is 15.8. The van der Waals surface area contributed by atoms with E-state index in [-0.39, 0.29) is 18.4 Å². The summed E-state index contributed by atoms with van der Waals surface area (Å²) in [6, 6.07) is 0.178. The summed E-state index contributed by atoms with van der Waals surface area (Å²) >= 11 is 0. The number of likely N-dealkylation sites (tertiary alicyclic amines) is 1. The highest BCUT2D eigenvalue weighted by Crippen LogP contribution is 2.21. The maximum Gasteiger partial charge on any atom is 0.308 e. The van der Waals surface area contributed by atoms with Crippen LogP contribution >= 0.6 is 17.9 Å². The van der Waals surface area contributed by atoms with Crippen molar-refractivity contribution < 1.29 is 14.7 Å². The Morgan fingerprint density at radius 2 is 2.19 bits per heavy atom. The fraction of sp³-hybridized carbons (Fsp3) is 0.800. The first-order valence-corrected chi connectivity index (χ1v) is 8.08. The number of carbonyl (C=O) groups is 2. The molecule has 0 aromatic rings. The molecule has 94 valence electrons.